The van der Waals surface area contributed by atoms with E-state index in [1.165, 1.54) is 16.4 Å². The molecule has 2 aromatic rings. The Labute approximate surface area is 166 Å². The highest BCUT2D eigenvalue weighted by molar-refractivity contribution is 7.89. The number of rotatable bonds is 10. The number of nitrogens with zero attached hydrogens (tertiary/aromatic N) is 1. The van der Waals surface area contributed by atoms with Crippen LogP contribution in [0.5, 0.6) is 5.75 Å². The van der Waals surface area contributed by atoms with Gasteiger partial charge >= 0.3 is 0 Å². The second-order valence-electron chi connectivity index (χ2n) is 5.97. The van der Waals surface area contributed by atoms with Crippen molar-refractivity contribution in [1.29, 1.82) is 0 Å². The highest BCUT2D eigenvalue weighted by atomic mass is 32.2. The summed E-state index contributed by atoms with van der Waals surface area (Å²) in [6.07, 6.45) is 0. The van der Waals surface area contributed by atoms with Gasteiger partial charge in [0.15, 0.2) is 0 Å². The number of carbonyl (C=O) groups is 1. The number of sulfonamides is 1. The third-order valence-corrected chi connectivity index (χ3v) is 6.16. The number of hydrogen-bond donors (Lipinski definition) is 2. The van der Waals surface area contributed by atoms with Crippen LogP contribution in [-0.4, -0.2) is 44.9 Å². The van der Waals surface area contributed by atoms with Gasteiger partial charge in [0.25, 0.3) is 0 Å². The van der Waals surface area contributed by atoms with Gasteiger partial charge in [-0.25, -0.2) is 8.42 Å². The van der Waals surface area contributed by atoms with Crippen LogP contribution in [0.3, 0.4) is 0 Å². The van der Waals surface area contributed by atoms with E-state index in [0.717, 1.165) is 11.4 Å². The molecule has 2 aromatic carbocycles. The minimum Gasteiger partial charge on any atom is -0.494 e. The van der Waals surface area contributed by atoms with Crippen LogP contribution in [0.25, 0.3) is 0 Å². The van der Waals surface area contributed by atoms with E-state index in [1.807, 2.05) is 31.2 Å². The lowest BCUT2D eigenvalue weighted by Gasteiger charge is -2.18. The van der Waals surface area contributed by atoms with Crippen LogP contribution < -0.4 is 15.4 Å². The second-order valence-corrected chi connectivity index (χ2v) is 7.91. The van der Waals surface area contributed by atoms with Crippen LogP contribution in [0.15, 0.2) is 53.4 Å². The summed E-state index contributed by atoms with van der Waals surface area (Å²) in [5, 5.41) is 5.77. The van der Waals surface area contributed by atoms with Gasteiger partial charge in [-0.2, -0.15) is 4.31 Å². The number of nitrogens with one attached hydrogen (secondary N) is 2. The normalized spacial score (nSPS) is 11.3. The molecule has 0 radical (unpaired) electrons. The third-order valence-electron chi connectivity index (χ3n) is 4.10. The molecule has 0 saturated carbocycles. The number of carbonyl (C=O) groups excluding carboxylic acids is 1. The lowest BCUT2D eigenvalue weighted by atomic mass is 10.3. The fourth-order valence-corrected chi connectivity index (χ4v) is 4.10. The zero-order valence-corrected chi connectivity index (χ0v) is 17.3. The molecule has 152 valence electrons. The van der Waals surface area contributed by atoms with Gasteiger partial charge < -0.3 is 15.4 Å². The van der Waals surface area contributed by atoms with Crippen molar-refractivity contribution in [2.75, 3.05) is 36.9 Å². The Kier molecular flexibility index (Phi) is 7.83. The van der Waals surface area contributed by atoms with Crippen molar-refractivity contribution in [3.63, 3.8) is 0 Å². The van der Waals surface area contributed by atoms with E-state index in [1.54, 1.807) is 26.0 Å². The lowest BCUT2D eigenvalue weighted by molar-refractivity contribution is -0.114. The van der Waals surface area contributed by atoms with Crippen LogP contribution in [0.4, 0.5) is 11.4 Å². The molecule has 1 amide bonds. The fraction of sp³-hybridized carbons (Fsp3) is 0.350. The maximum absolute atomic E-state index is 12.5. The molecule has 0 aromatic heterocycles. The minimum absolute atomic E-state index is 0.0908. The quantitative estimate of drug-likeness (QED) is 0.634. The molecule has 0 bridgehead atoms. The van der Waals surface area contributed by atoms with Gasteiger partial charge in [0.05, 0.1) is 18.0 Å². The standard InChI is InChI=1S/C20H27N3O4S/c1-4-23(5-2)28(25,26)19-13-9-17(10-14-19)22-20(24)15-21-16-7-11-18(12-8-16)27-6-3/h7-14,21H,4-6,15H2,1-3H3,(H,22,24). The maximum Gasteiger partial charge on any atom is 0.243 e. The van der Waals surface area contributed by atoms with Crippen molar-refractivity contribution in [3.8, 4) is 5.75 Å². The molecule has 0 atom stereocenters. The first-order chi connectivity index (χ1) is 13.4. The van der Waals surface area contributed by atoms with Crippen molar-refractivity contribution in [2.45, 2.75) is 25.7 Å². The topological polar surface area (TPSA) is 87.7 Å². The molecule has 0 fully saturated rings. The first-order valence-corrected chi connectivity index (χ1v) is 10.7. The summed E-state index contributed by atoms with van der Waals surface area (Å²) < 4.78 is 31.7. The van der Waals surface area contributed by atoms with Gasteiger partial charge in [-0.1, -0.05) is 13.8 Å². The summed E-state index contributed by atoms with van der Waals surface area (Å²) in [6, 6.07) is 13.5. The molecule has 0 aliphatic heterocycles. The molecule has 7 nitrogen and oxygen atoms in total. The van der Waals surface area contributed by atoms with Crippen LogP contribution in [0.1, 0.15) is 20.8 Å². The van der Waals surface area contributed by atoms with Gasteiger partial charge in [0.2, 0.25) is 15.9 Å². The Balaban J connectivity index is 1.92. The highest BCUT2D eigenvalue weighted by Crippen LogP contribution is 2.18. The van der Waals surface area contributed by atoms with Crippen molar-refractivity contribution < 1.29 is 17.9 Å². The molecule has 8 heteroatoms. The predicted octanol–water partition coefficient (Wildman–Crippen LogP) is 3.17. The van der Waals surface area contributed by atoms with Crippen molar-refractivity contribution in [2.24, 2.45) is 0 Å². The molecule has 0 unspecified atom stereocenters. The molecule has 0 heterocycles. The molecule has 28 heavy (non-hydrogen) atoms. The summed E-state index contributed by atoms with van der Waals surface area (Å²) in [7, 11) is -3.50. The van der Waals surface area contributed by atoms with E-state index in [4.69, 9.17) is 4.74 Å². The number of hydrogen-bond acceptors (Lipinski definition) is 5. The Morgan fingerprint density at radius 1 is 0.929 bits per heavy atom. The van der Waals surface area contributed by atoms with Gasteiger partial charge in [-0.3, -0.25) is 4.79 Å². The number of amides is 1. The van der Waals surface area contributed by atoms with E-state index < -0.39 is 10.0 Å². The van der Waals surface area contributed by atoms with Gasteiger partial charge in [-0.05, 0) is 55.5 Å². The average Bonchev–Trinajstić information content (AvgIpc) is 2.69. The maximum atomic E-state index is 12.5. The molecule has 2 rings (SSSR count). The Morgan fingerprint density at radius 3 is 2.04 bits per heavy atom. The van der Waals surface area contributed by atoms with Crippen molar-refractivity contribution >= 4 is 27.3 Å². The van der Waals surface area contributed by atoms with Crippen molar-refractivity contribution in [3.05, 3.63) is 48.5 Å². The molecule has 0 spiro atoms. The molecule has 0 saturated heterocycles. The summed E-state index contributed by atoms with van der Waals surface area (Å²) in [5.41, 5.74) is 1.34. The minimum atomic E-state index is -3.50. The zero-order valence-electron chi connectivity index (χ0n) is 16.4. The van der Waals surface area contributed by atoms with Crippen LogP contribution in [0, 0.1) is 0 Å². The van der Waals surface area contributed by atoms with E-state index >= 15 is 0 Å². The van der Waals surface area contributed by atoms with Gasteiger partial charge in [0.1, 0.15) is 5.75 Å². The zero-order chi connectivity index (χ0) is 20.6. The lowest BCUT2D eigenvalue weighted by Crippen LogP contribution is -2.30. The van der Waals surface area contributed by atoms with Crippen LogP contribution in [-0.2, 0) is 14.8 Å². The summed E-state index contributed by atoms with van der Waals surface area (Å²) in [6.45, 7) is 7.03. The molecule has 2 N–H and O–H groups in total. The monoisotopic (exact) mass is 405 g/mol. The number of ether oxygens (including phenoxy) is 1. The van der Waals surface area contributed by atoms with E-state index in [2.05, 4.69) is 10.6 Å². The Morgan fingerprint density at radius 2 is 1.50 bits per heavy atom. The number of benzene rings is 2. The summed E-state index contributed by atoms with van der Waals surface area (Å²) in [4.78, 5) is 12.3. The van der Waals surface area contributed by atoms with Crippen molar-refractivity contribution in [1.82, 2.24) is 4.31 Å². The molecule has 0 aliphatic rings. The van der Waals surface area contributed by atoms with Gasteiger partial charge in [-0.15, -0.1) is 0 Å². The highest BCUT2D eigenvalue weighted by Gasteiger charge is 2.21. The number of anilines is 2. The van der Waals surface area contributed by atoms with E-state index in [-0.39, 0.29) is 17.3 Å². The SMILES string of the molecule is CCOc1ccc(NCC(=O)Nc2ccc(S(=O)(=O)N(CC)CC)cc2)cc1. The van der Waals surface area contributed by atoms with E-state index in [0.29, 0.717) is 25.4 Å². The largest absolute Gasteiger partial charge is 0.494 e. The fourth-order valence-electron chi connectivity index (χ4n) is 2.65. The molecular weight excluding hydrogens is 378 g/mol. The first-order valence-electron chi connectivity index (χ1n) is 9.27. The third kappa shape index (κ3) is 5.71. The van der Waals surface area contributed by atoms with Crippen LogP contribution in [0.2, 0.25) is 0 Å². The van der Waals surface area contributed by atoms with Crippen LogP contribution >= 0.6 is 0 Å². The average molecular weight is 406 g/mol. The summed E-state index contributed by atoms with van der Waals surface area (Å²) >= 11 is 0. The summed E-state index contributed by atoms with van der Waals surface area (Å²) in [5.74, 6) is 0.547. The Bertz CT molecular complexity index is 861. The molecular formula is C20H27N3O4S. The molecule has 0 aliphatic carbocycles. The van der Waals surface area contributed by atoms with Gasteiger partial charge in [0, 0.05) is 24.5 Å². The first kappa shape index (κ1) is 21.7. The predicted molar refractivity (Wildman–Crippen MR) is 111 cm³/mol. The van der Waals surface area contributed by atoms with E-state index in [9.17, 15) is 13.2 Å². The second kappa shape index (κ2) is 10.1. The smallest absolute Gasteiger partial charge is 0.243 e. The Hall–Kier alpha value is -2.58.